The summed E-state index contributed by atoms with van der Waals surface area (Å²) in [7, 11) is 10.3. The van der Waals surface area contributed by atoms with Crippen molar-refractivity contribution in [2.45, 2.75) is 0 Å². The predicted octanol–water partition coefficient (Wildman–Crippen LogP) is 3.66. The number of rotatable bonds is 10. The molecule has 0 saturated carbocycles. The van der Waals surface area contributed by atoms with Gasteiger partial charge in [-0.2, -0.15) is 4.98 Å². The fourth-order valence-electron chi connectivity index (χ4n) is 4.23. The van der Waals surface area contributed by atoms with E-state index in [1.54, 1.807) is 45.6 Å². The van der Waals surface area contributed by atoms with Crippen LogP contribution in [0.2, 0.25) is 0 Å². The molecule has 12 heteroatoms. The van der Waals surface area contributed by atoms with Crippen LogP contribution in [0.5, 0.6) is 11.5 Å². The Morgan fingerprint density at radius 1 is 1.03 bits per heavy atom. The lowest BCUT2D eigenvalue weighted by Crippen LogP contribution is -2.29. The molecule has 0 fully saturated rings. The second-order valence-electron chi connectivity index (χ2n) is 9.24. The van der Waals surface area contributed by atoms with Gasteiger partial charge in [-0.3, -0.25) is 19.5 Å². The molecule has 0 aliphatic carbocycles. The second-order valence-corrected chi connectivity index (χ2v) is 9.24. The van der Waals surface area contributed by atoms with Crippen molar-refractivity contribution >= 4 is 34.0 Å². The van der Waals surface area contributed by atoms with Gasteiger partial charge in [0.15, 0.2) is 0 Å². The van der Waals surface area contributed by atoms with Gasteiger partial charge in [-0.1, -0.05) is 18.2 Å². The number of nitrogens with zero attached hydrogens (tertiary/aromatic N) is 6. The highest BCUT2D eigenvalue weighted by Gasteiger charge is 2.23. The lowest BCUT2D eigenvalue weighted by molar-refractivity contribution is -0.384. The first-order valence-corrected chi connectivity index (χ1v) is 12.1. The average Bonchev–Trinajstić information content (AvgIpc) is 2.93. The number of methoxy groups -OCH3 is 2. The van der Waals surface area contributed by atoms with Crippen LogP contribution in [0.4, 0.5) is 23.0 Å². The van der Waals surface area contributed by atoms with Gasteiger partial charge in [0.1, 0.15) is 22.8 Å². The largest absolute Gasteiger partial charge is 0.496 e. The number of nitro groups is 1. The van der Waals surface area contributed by atoms with Crippen molar-refractivity contribution in [2.75, 3.05) is 58.7 Å². The van der Waals surface area contributed by atoms with E-state index in [1.807, 2.05) is 42.1 Å². The highest BCUT2D eigenvalue weighted by atomic mass is 16.6. The number of hydrogen-bond donors (Lipinski definition) is 1. The van der Waals surface area contributed by atoms with Crippen LogP contribution in [0.15, 0.2) is 53.5 Å². The summed E-state index contributed by atoms with van der Waals surface area (Å²) in [4.78, 5) is 37.5. The molecule has 4 aromatic rings. The fraction of sp³-hybridized carbons (Fsp3) is 0.296. The number of benzene rings is 2. The van der Waals surface area contributed by atoms with Gasteiger partial charge in [0.05, 0.1) is 30.4 Å². The summed E-state index contributed by atoms with van der Waals surface area (Å²) in [6, 6.07) is 12.0. The summed E-state index contributed by atoms with van der Waals surface area (Å²) >= 11 is 0. The van der Waals surface area contributed by atoms with E-state index in [0.29, 0.717) is 51.6 Å². The van der Waals surface area contributed by atoms with Gasteiger partial charge in [-0.15, -0.1) is 0 Å². The zero-order valence-corrected chi connectivity index (χ0v) is 22.8. The van der Waals surface area contributed by atoms with Crippen LogP contribution in [-0.2, 0) is 7.05 Å². The van der Waals surface area contributed by atoms with Gasteiger partial charge < -0.3 is 24.6 Å². The van der Waals surface area contributed by atoms with Crippen LogP contribution in [0.1, 0.15) is 0 Å². The summed E-state index contributed by atoms with van der Waals surface area (Å²) in [6.45, 7) is 1.31. The molecule has 0 radical (unpaired) electrons. The Morgan fingerprint density at radius 2 is 1.74 bits per heavy atom. The number of aromatic nitrogens is 3. The predicted molar refractivity (Wildman–Crippen MR) is 152 cm³/mol. The van der Waals surface area contributed by atoms with E-state index < -0.39 is 4.92 Å². The van der Waals surface area contributed by atoms with E-state index in [4.69, 9.17) is 9.47 Å². The number of anilines is 3. The standard InChI is InChI=1S/C27H31N7O5/c1-31(2)11-12-32(3)21-15-24(39-6)20(14-22(21)34(36)37)29-27-28-16-17-13-19(26(35)33(4)25(17)30-27)18-9-7-8-10-23(18)38-5/h7-10,13-16H,11-12H2,1-6H3,(H,28,29,30). The summed E-state index contributed by atoms with van der Waals surface area (Å²) in [6.07, 6.45) is 1.59. The normalized spacial score (nSPS) is 11.1. The molecule has 0 unspecified atom stereocenters. The first kappa shape index (κ1) is 27.3. The summed E-state index contributed by atoms with van der Waals surface area (Å²) < 4.78 is 12.4. The van der Waals surface area contributed by atoms with Crippen molar-refractivity contribution < 1.29 is 14.4 Å². The van der Waals surface area contributed by atoms with Gasteiger partial charge in [0.2, 0.25) is 5.95 Å². The second kappa shape index (κ2) is 11.4. The Kier molecular flexibility index (Phi) is 7.96. The van der Waals surface area contributed by atoms with Crippen molar-refractivity contribution in [3.63, 3.8) is 0 Å². The molecule has 204 valence electrons. The maximum absolute atomic E-state index is 13.3. The van der Waals surface area contributed by atoms with Crippen LogP contribution < -0.4 is 25.2 Å². The SMILES string of the molecule is COc1cc(N(C)CCN(C)C)c([N+](=O)[O-])cc1Nc1ncc2cc(-c3ccccc3OC)c(=O)n(C)c2n1. The van der Waals surface area contributed by atoms with E-state index >= 15 is 0 Å². The van der Waals surface area contributed by atoms with Crippen LogP contribution in [0.25, 0.3) is 22.2 Å². The summed E-state index contributed by atoms with van der Waals surface area (Å²) in [5.74, 6) is 1.12. The van der Waals surface area contributed by atoms with E-state index in [2.05, 4.69) is 15.3 Å². The number of pyridine rings is 1. The lowest BCUT2D eigenvalue weighted by Gasteiger charge is -2.22. The molecule has 0 amide bonds. The molecular formula is C27H31N7O5. The molecule has 0 aliphatic rings. The van der Waals surface area contributed by atoms with Gasteiger partial charge in [0, 0.05) is 56.5 Å². The molecule has 2 heterocycles. The first-order chi connectivity index (χ1) is 18.6. The zero-order chi connectivity index (χ0) is 28.3. The van der Waals surface area contributed by atoms with Gasteiger partial charge in [-0.05, 0) is 26.2 Å². The van der Waals surface area contributed by atoms with Crippen molar-refractivity contribution in [3.8, 4) is 22.6 Å². The minimum absolute atomic E-state index is 0.0887. The number of ether oxygens (including phenoxy) is 2. The molecule has 0 atom stereocenters. The molecule has 0 spiro atoms. The molecule has 0 bridgehead atoms. The Bertz CT molecular complexity index is 1590. The third-order valence-corrected chi connectivity index (χ3v) is 6.38. The number of nitrogens with one attached hydrogen (secondary N) is 1. The summed E-state index contributed by atoms with van der Waals surface area (Å²) in [5, 5.41) is 15.6. The average molecular weight is 534 g/mol. The van der Waals surface area contributed by atoms with Crippen molar-refractivity contribution in [2.24, 2.45) is 7.05 Å². The minimum atomic E-state index is -0.434. The van der Waals surface area contributed by atoms with E-state index in [9.17, 15) is 14.9 Å². The molecule has 1 N–H and O–H groups in total. The maximum atomic E-state index is 13.3. The topological polar surface area (TPSA) is 128 Å². The van der Waals surface area contributed by atoms with Crippen LogP contribution in [0.3, 0.4) is 0 Å². The van der Waals surface area contributed by atoms with E-state index in [-0.39, 0.29) is 17.2 Å². The number of likely N-dealkylation sites (N-methyl/N-ethyl adjacent to an activating group) is 2. The molecular weight excluding hydrogens is 502 g/mol. The summed E-state index contributed by atoms with van der Waals surface area (Å²) in [5.41, 5.74) is 1.92. The highest BCUT2D eigenvalue weighted by Crippen LogP contribution is 2.39. The van der Waals surface area contributed by atoms with Gasteiger partial charge in [-0.25, -0.2) is 4.98 Å². The van der Waals surface area contributed by atoms with Crippen molar-refractivity contribution in [3.05, 3.63) is 69.1 Å². The third kappa shape index (κ3) is 5.60. The monoisotopic (exact) mass is 533 g/mol. The molecule has 0 aliphatic heterocycles. The highest BCUT2D eigenvalue weighted by molar-refractivity contribution is 5.84. The van der Waals surface area contributed by atoms with Crippen LogP contribution >= 0.6 is 0 Å². The van der Waals surface area contributed by atoms with Gasteiger partial charge >= 0.3 is 0 Å². The Morgan fingerprint density at radius 3 is 2.41 bits per heavy atom. The quantitative estimate of drug-likeness (QED) is 0.238. The lowest BCUT2D eigenvalue weighted by atomic mass is 10.1. The van der Waals surface area contributed by atoms with Crippen molar-refractivity contribution in [1.82, 2.24) is 19.4 Å². The number of hydrogen-bond acceptors (Lipinski definition) is 10. The van der Waals surface area contributed by atoms with Crippen molar-refractivity contribution in [1.29, 1.82) is 0 Å². The Labute approximate surface area is 225 Å². The van der Waals surface area contributed by atoms with E-state index in [0.717, 1.165) is 6.54 Å². The number of para-hydroxylation sites is 1. The number of aryl methyl sites for hydroxylation is 1. The molecule has 39 heavy (non-hydrogen) atoms. The van der Waals surface area contributed by atoms with Crippen LogP contribution in [-0.4, -0.2) is 72.8 Å². The molecule has 2 aromatic carbocycles. The molecule has 0 saturated heterocycles. The fourth-order valence-corrected chi connectivity index (χ4v) is 4.23. The minimum Gasteiger partial charge on any atom is -0.496 e. The Hall–Kier alpha value is -4.71. The molecule has 2 aromatic heterocycles. The van der Waals surface area contributed by atoms with Crippen LogP contribution in [0, 0.1) is 10.1 Å². The maximum Gasteiger partial charge on any atom is 0.294 e. The number of nitro benzene ring substituents is 1. The number of fused-ring (bicyclic) bond motifs is 1. The smallest absolute Gasteiger partial charge is 0.294 e. The van der Waals surface area contributed by atoms with E-state index in [1.165, 1.54) is 17.7 Å². The van der Waals surface area contributed by atoms with Gasteiger partial charge in [0.25, 0.3) is 11.2 Å². The third-order valence-electron chi connectivity index (χ3n) is 6.38. The molecule has 4 rings (SSSR count). The Balaban J connectivity index is 1.74. The first-order valence-electron chi connectivity index (χ1n) is 12.1. The molecule has 12 nitrogen and oxygen atoms in total. The zero-order valence-electron chi connectivity index (χ0n) is 22.8.